The number of aryl methyl sites for hydroxylation is 1. The van der Waals surface area contributed by atoms with Gasteiger partial charge in [-0.2, -0.15) is 5.10 Å². The van der Waals surface area contributed by atoms with Crippen molar-refractivity contribution < 1.29 is 14.5 Å². The Morgan fingerprint density at radius 3 is 2.56 bits per heavy atom. The average molecular weight is 341 g/mol. The van der Waals surface area contributed by atoms with Gasteiger partial charge in [0.25, 0.3) is 5.69 Å². The molecule has 0 saturated heterocycles. The summed E-state index contributed by atoms with van der Waals surface area (Å²) in [4.78, 5) is 21.2. The van der Waals surface area contributed by atoms with E-state index in [0.29, 0.717) is 5.69 Å². The number of anilines is 1. The van der Waals surface area contributed by atoms with Gasteiger partial charge in [-0.15, -0.1) is 0 Å². The van der Waals surface area contributed by atoms with Gasteiger partial charge in [0.05, 0.1) is 16.8 Å². The van der Waals surface area contributed by atoms with Crippen LogP contribution >= 0.6 is 0 Å². The lowest BCUT2D eigenvalue weighted by atomic mass is 10.0. The van der Waals surface area contributed by atoms with Gasteiger partial charge in [0, 0.05) is 19.1 Å². The first-order valence-corrected chi connectivity index (χ1v) is 7.64. The zero-order chi connectivity index (χ0) is 18.4. The maximum absolute atomic E-state index is 11.0. The number of rotatable bonds is 6. The number of ether oxygens (including phenoxy) is 1. The number of hydrogen-bond donors (Lipinski definition) is 1. The van der Waals surface area contributed by atoms with Gasteiger partial charge in [-0.05, 0) is 42.7 Å². The van der Waals surface area contributed by atoms with Crippen LogP contribution in [0.2, 0.25) is 0 Å². The molecular weight excluding hydrogens is 322 g/mol. The number of nitro groups is 1. The minimum Gasteiger partial charge on any atom is -0.461 e. The van der Waals surface area contributed by atoms with Crippen molar-refractivity contribution in [3.8, 4) is 0 Å². The van der Waals surface area contributed by atoms with E-state index in [2.05, 4.69) is 10.5 Å². The molecule has 7 nitrogen and oxygen atoms in total. The van der Waals surface area contributed by atoms with Crippen molar-refractivity contribution in [1.82, 2.24) is 0 Å². The Bertz CT molecular complexity index is 814. The van der Waals surface area contributed by atoms with Crippen molar-refractivity contribution in [2.45, 2.75) is 27.4 Å². The second kappa shape index (κ2) is 8.05. The molecule has 0 amide bonds. The van der Waals surface area contributed by atoms with Crippen LogP contribution in [0.25, 0.3) is 0 Å². The van der Waals surface area contributed by atoms with Gasteiger partial charge in [-0.25, -0.2) is 0 Å². The van der Waals surface area contributed by atoms with Crippen molar-refractivity contribution in [3.63, 3.8) is 0 Å². The SMILES string of the molecule is CC(=O)OCc1cc(C)cc(/C=N\Nc2ccc([N+](=O)[O-])cc2)c1C. The molecule has 0 aromatic heterocycles. The number of hydrazone groups is 1. The Labute approximate surface area is 145 Å². The van der Waals surface area contributed by atoms with E-state index in [9.17, 15) is 14.9 Å². The molecule has 130 valence electrons. The van der Waals surface area contributed by atoms with Gasteiger partial charge in [-0.3, -0.25) is 20.3 Å². The quantitative estimate of drug-likeness (QED) is 0.374. The van der Waals surface area contributed by atoms with Crippen molar-refractivity contribution >= 4 is 23.6 Å². The fourth-order valence-corrected chi connectivity index (χ4v) is 2.26. The Morgan fingerprint density at radius 2 is 1.96 bits per heavy atom. The first kappa shape index (κ1) is 18.1. The second-order valence-electron chi connectivity index (χ2n) is 5.59. The number of non-ortho nitro benzene ring substituents is 1. The number of nitrogens with zero attached hydrogens (tertiary/aromatic N) is 2. The maximum atomic E-state index is 11.0. The summed E-state index contributed by atoms with van der Waals surface area (Å²) in [6, 6.07) is 9.95. The Balaban J connectivity index is 2.11. The molecule has 0 heterocycles. The number of esters is 1. The highest BCUT2D eigenvalue weighted by Crippen LogP contribution is 2.18. The van der Waals surface area contributed by atoms with E-state index >= 15 is 0 Å². The van der Waals surface area contributed by atoms with Crippen LogP contribution in [0.4, 0.5) is 11.4 Å². The topological polar surface area (TPSA) is 93.8 Å². The van der Waals surface area contributed by atoms with E-state index in [4.69, 9.17) is 4.74 Å². The van der Waals surface area contributed by atoms with Crippen molar-refractivity contribution in [1.29, 1.82) is 0 Å². The summed E-state index contributed by atoms with van der Waals surface area (Å²) in [6.45, 7) is 5.49. The van der Waals surface area contributed by atoms with Crippen LogP contribution in [0.5, 0.6) is 0 Å². The summed E-state index contributed by atoms with van der Waals surface area (Å²) in [5.41, 5.74) is 7.34. The van der Waals surface area contributed by atoms with E-state index < -0.39 is 4.92 Å². The molecule has 0 saturated carbocycles. The number of carbonyl (C=O) groups is 1. The molecule has 25 heavy (non-hydrogen) atoms. The van der Waals surface area contributed by atoms with E-state index in [1.807, 2.05) is 26.0 Å². The highest BCUT2D eigenvalue weighted by molar-refractivity contribution is 5.83. The van der Waals surface area contributed by atoms with Gasteiger partial charge < -0.3 is 4.74 Å². The standard InChI is InChI=1S/C18H19N3O4/c1-12-8-15(13(2)16(9-12)11-25-14(3)22)10-19-20-17-4-6-18(7-5-17)21(23)24/h4-10,20H,11H2,1-3H3/b19-10-. The lowest BCUT2D eigenvalue weighted by Crippen LogP contribution is -2.03. The summed E-state index contributed by atoms with van der Waals surface area (Å²) < 4.78 is 5.07. The van der Waals surface area contributed by atoms with Gasteiger partial charge in [0.1, 0.15) is 6.61 Å². The molecule has 0 aliphatic carbocycles. The fourth-order valence-electron chi connectivity index (χ4n) is 2.26. The number of hydrogen-bond acceptors (Lipinski definition) is 6. The Morgan fingerprint density at radius 1 is 1.28 bits per heavy atom. The van der Waals surface area contributed by atoms with Gasteiger partial charge in [-0.1, -0.05) is 17.7 Å². The number of nitro benzene ring substituents is 1. The maximum Gasteiger partial charge on any atom is 0.302 e. The van der Waals surface area contributed by atoms with Crippen molar-refractivity contribution in [3.05, 3.63) is 68.8 Å². The Kier molecular flexibility index (Phi) is 5.84. The van der Waals surface area contributed by atoms with Crippen molar-refractivity contribution in [2.24, 2.45) is 5.10 Å². The highest BCUT2D eigenvalue weighted by Gasteiger charge is 2.07. The molecule has 0 aliphatic heterocycles. The summed E-state index contributed by atoms with van der Waals surface area (Å²) in [6.07, 6.45) is 1.67. The summed E-state index contributed by atoms with van der Waals surface area (Å²) in [7, 11) is 0. The predicted molar refractivity (Wildman–Crippen MR) is 95.7 cm³/mol. The van der Waals surface area contributed by atoms with Gasteiger partial charge in [0.15, 0.2) is 0 Å². The third kappa shape index (κ3) is 5.13. The van der Waals surface area contributed by atoms with E-state index in [0.717, 1.165) is 22.3 Å². The van der Waals surface area contributed by atoms with Crippen molar-refractivity contribution in [2.75, 3.05) is 5.43 Å². The molecule has 0 spiro atoms. The third-order valence-corrected chi connectivity index (χ3v) is 3.61. The second-order valence-corrected chi connectivity index (χ2v) is 5.59. The van der Waals surface area contributed by atoms with Crippen LogP contribution in [0.3, 0.4) is 0 Å². The normalized spacial score (nSPS) is 10.7. The molecule has 2 rings (SSSR count). The van der Waals surface area contributed by atoms with E-state index in [1.165, 1.54) is 19.1 Å². The average Bonchev–Trinajstić information content (AvgIpc) is 2.56. The zero-order valence-corrected chi connectivity index (χ0v) is 14.3. The molecule has 0 bridgehead atoms. The molecule has 0 aliphatic rings. The number of nitrogens with one attached hydrogen (secondary N) is 1. The first-order valence-electron chi connectivity index (χ1n) is 7.64. The molecule has 0 fully saturated rings. The summed E-state index contributed by atoms with van der Waals surface area (Å²) in [5.74, 6) is -0.323. The van der Waals surface area contributed by atoms with Crippen LogP contribution in [0, 0.1) is 24.0 Å². The fraction of sp³-hybridized carbons (Fsp3) is 0.222. The van der Waals surface area contributed by atoms with Crippen LogP contribution in [0.15, 0.2) is 41.5 Å². The monoisotopic (exact) mass is 341 g/mol. The Hall–Kier alpha value is -3.22. The number of carbonyl (C=O) groups excluding carboxylic acids is 1. The van der Waals surface area contributed by atoms with Crippen LogP contribution < -0.4 is 5.43 Å². The molecule has 2 aromatic rings. The third-order valence-electron chi connectivity index (χ3n) is 3.61. The molecule has 1 N–H and O–H groups in total. The lowest BCUT2D eigenvalue weighted by Gasteiger charge is -2.10. The lowest BCUT2D eigenvalue weighted by molar-refractivity contribution is -0.384. The predicted octanol–water partition coefficient (Wildman–Crippen LogP) is 3.72. The number of benzene rings is 2. The highest BCUT2D eigenvalue weighted by atomic mass is 16.6. The molecule has 0 radical (unpaired) electrons. The molecule has 0 unspecified atom stereocenters. The van der Waals surface area contributed by atoms with Gasteiger partial charge >= 0.3 is 5.97 Å². The zero-order valence-electron chi connectivity index (χ0n) is 14.3. The van der Waals surface area contributed by atoms with Crippen LogP contribution in [-0.4, -0.2) is 17.1 Å². The summed E-state index contributed by atoms with van der Waals surface area (Å²) in [5, 5.41) is 14.8. The largest absolute Gasteiger partial charge is 0.461 e. The molecule has 0 atom stereocenters. The van der Waals surface area contributed by atoms with E-state index in [-0.39, 0.29) is 18.3 Å². The summed E-state index contributed by atoms with van der Waals surface area (Å²) >= 11 is 0. The van der Waals surface area contributed by atoms with E-state index in [1.54, 1.807) is 18.3 Å². The minimum atomic E-state index is -0.451. The van der Waals surface area contributed by atoms with Crippen LogP contribution in [0.1, 0.15) is 29.2 Å². The molecule has 7 heteroatoms. The van der Waals surface area contributed by atoms with Gasteiger partial charge in [0.2, 0.25) is 0 Å². The smallest absolute Gasteiger partial charge is 0.302 e. The van der Waals surface area contributed by atoms with Crippen LogP contribution in [-0.2, 0) is 16.1 Å². The first-order chi connectivity index (χ1) is 11.9. The minimum absolute atomic E-state index is 0.0270. The molecular formula is C18H19N3O4. The molecule has 2 aromatic carbocycles.